The molecule has 0 aliphatic rings. The molecule has 0 saturated heterocycles. The smallest absolute Gasteiger partial charge is 0.191 e. The van der Waals surface area contributed by atoms with Gasteiger partial charge in [0.1, 0.15) is 5.75 Å². The van der Waals surface area contributed by atoms with Crippen molar-refractivity contribution in [3.63, 3.8) is 0 Å². The number of rotatable bonds is 6. The minimum atomic E-state index is 0.561. The second-order valence-electron chi connectivity index (χ2n) is 6.28. The van der Waals surface area contributed by atoms with E-state index in [1.807, 2.05) is 35.9 Å². The third kappa shape index (κ3) is 4.04. The normalized spacial score (nSPS) is 11.1. The molecule has 130 valence electrons. The lowest BCUT2D eigenvalue weighted by molar-refractivity contribution is 0.415. The summed E-state index contributed by atoms with van der Waals surface area (Å²) in [7, 11) is 3.67. The van der Waals surface area contributed by atoms with E-state index in [2.05, 4.69) is 48.3 Å². The molecule has 0 unspecified atom stereocenters. The molecule has 0 saturated carbocycles. The summed E-state index contributed by atoms with van der Waals surface area (Å²) in [5, 5.41) is 9.60. The second-order valence-corrected chi connectivity index (χ2v) is 7.22. The van der Waals surface area contributed by atoms with Crippen molar-refractivity contribution in [2.24, 2.45) is 7.05 Å². The maximum absolute atomic E-state index is 5.29. The van der Waals surface area contributed by atoms with Crippen LogP contribution < -0.4 is 4.74 Å². The fraction of sp³-hybridized carbons (Fsp3) is 0.300. The highest BCUT2D eigenvalue weighted by Crippen LogP contribution is 2.27. The highest BCUT2D eigenvalue weighted by molar-refractivity contribution is 7.98. The van der Waals surface area contributed by atoms with Gasteiger partial charge in [-0.1, -0.05) is 62.0 Å². The molecule has 5 heteroatoms. The van der Waals surface area contributed by atoms with Gasteiger partial charge in [0.15, 0.2) is 11.0 Å². The summed E-state index contributed by atoms with van der Waals surface area (Å²) in [5.41, 5.74) is 3.66. The molecule has 1 heterocycles. The van der Waals surface area contributed by atoms with Crippen molar-refractivity contribution in [1.82, 2.24) is 14.8 Å². The van der Waals surface area contributed by atoms with Crippen molar-refractivity contribution >= 4 is 11.8 Å². The largest absolute Gasteiger partial charge is 0.497 e. The molecule has 4 nitrogen and oxygen atoms in total. The van der Waals surface area contributed by atoms with Crippen LogP contribution in [-0.2, 0) is 12.8 Å². The van der Waals surface area contributed by atoms with Gasteiger partial charge in [0.05, 0.1) is 7.11 Å². The van der Waals surface area contributed by atoms with Crippen LogP contribution >= 0.6 is 11.8 Å². The van der Waals surface area contributed by atoms with Crippen LogP contribution in [0.15, 0.2) is 53.7 Å². The van der Waals surface area contributed by atoms with Gasteiger partial charge in [0.25, 0.3) is 0 Å². The third-order valence-electron chi connectivity index (χ3n) is 4.18. The lowest BCUT2D eigenvalue weighted by Gasteiger charge is -2.07. The van der Waals surface area contributed by atoms with Crippen molar-refractivity contribution in [2.75, 3.05) is 7.11 Å². The number of thioether (sulfide) groups is 1. The van der Waals surface area contributed by atoms with Gasteiger partial charge in [-0.2, -0.15) is 0 Å². The maximum Gasteiger partial charge on any atom is 0.191 e. The van der Waals surface area contributed by atoms with E-state index in [9.17, 15) is 0 Å². The topological polar surface area (TPSA) is 39.9 Å². The summed E-state index contributed by atoms with van der Waals surface area (Å²) in [5.74, 6) is 3.10. The van der Waals surface area contributed by atoms with Crippen LogP contribution in [0.2, 0.25) is 0 Å². The van der Waals surface area contributed by atoms with Gasteiger partial charge in [0.2, 0.25) is 0 Å². The summed E-state index contributed by atoms with van der Waals surface area (Å²) >= 11 is 1.70. The Morgan fingerprint density at radius 2 is 1.84 bits per heavy atom. The summed E-state index contributed by atoms with van der Waals surface area (Å²) in [6, 6.07) is 16.7. The van der Waals surface area contributed by atoms with Crippen LogP contribution in [0.3, 0.4) is 0 Å². The van der Waals surface area contributed by atoms with E-state index in [-0.39, 0.29) is 0 Å². The average molecular weight is 353 g/mol. The quantitative estimate of drug-likeness (QED) is 0.591. The summed E-state index contributed by atoms with van der Waals surface area (Å²) in [6.07, 6.45) is 0. The van der Waals surface area contributed by atoms with E-state index in [0.717, 1.165) is 28.0 Å². The molecule has 0 bridgehead atoms. The first kappa shape index (κ1) is 17.5. The lowest BCUT2D eigenvalue weighted by atomic mass is 10.0. The Morgan fingerprint density at radius 1 is 1.08 bits per heavy atom. The Kier molecular flexibility index (Phi) is 5.43. The van der Waals surface area contributed by atoms with Gasteiger partial charge in [-0.15, -0.1) is 10.2 Å². The van der Waals surface area contributed by atoms with Gasteiger partial charge >= 0.3 is 0 Å². The molecule has 0 spiro atoms. The predicted molar refractivity (Wildman–Crippen MR) is 103 cm³/mol. The SMILES string of the molecule is COc1cccc(-c2nnc(SCc3ccc(C(C)C)cc3)n2C)c1. The predicted octanol–water partition coefficient (Wildman–Crippen LogP) is 4.91. The first-order valence-electron chi connectivity index (χ1n) is 8.34. The fourth-order valence-corrected chi connectivity index (χ4v) is 3.47. The number of hydrogen-bond donors (Lipinski definition) is 0. The van der Waals surface area contributed by atoms with Gasteiger partial charge in [-0.25, -0.2) is 0 Å². The molecule has 2 aromatic carbocycles. The molecule has 0 aliphatic carbocycles. The third-order valence-corrected chi connectivity index (χ3v) is 5.27. The van der Waals surface area contributed by atoms with E-state index in [1.54, 1.807) is 18.9 Å². The number of benzene rings is 2. The van der Waals surface area contributed by atoms with Crippen LogP contribution in [0.1, 0.15) is 30.9 Å². The molecule has 3 rings (SSSR count). The molecular formula is C20H23N3OS. The molecule has 0 N–H and O–H groups in total. The molecule has 0 atom stereocenters. The van der Waals surface area contributed by atoms with Crippen LogP contribution in [0.4, 0.5) is 0 Å². The number of hydrogen-bond acceptors (Lipinski definition) is 4. The monoisotopic (exact) mass is 353 g/mol. The molecule has 0 amide bonds. The Labute approximate surface area is 153 Å². The fourth-order valence-electron chi connectivity index (χ4n) is 2.60. The molecule has 0 radical (unpaired) electrons. The van der Waals surface area contributed by atoms with Crippen molar-refractivity contribution in [1.29, 1.82) is 0 Å². The van der Waals surface area contributed by atoms with Crippen LogP contribution in [0.25, 0.3) is 11.4 Å². The first-order valence-corrected chi connectivity index (χ1v) is 9.32. The molecule has 3 aromatic rings. The minimum Gasteiger partial charge on any atom is -0.497 e. The van der Waals surface area contributed by atoms with Crippen molar-refractivity contribution in [3.8, 4) is 17.1 Å². The number of methoxy groups -OCH3 is 1. The Hall–Kier alpha value is -2.27. The highest BCUT2D eigenvalue weighted by atomic mass is 32.2. The zero-order valence-electron chi connectivity index (χ0n) is 15.1. The second kappa shape index (κ2) is 7.74. The Morgan fingerprint density at radius 3 is 2.52 bits per heavy atom. The van der Waals surface area contributed by atoms with Crippen molar-refractivity contribution < 1.29 is 4.74 Å². The average Bonchev–Trinajstić information content (AvgIpc) is 3.01. The van der Waals surface area contributed by atoms with Gasteiger partial charge < -0.3 is 9.30 Å². The highest BCUT2D eigenvalue weighted by Gasteiger charge is 2.12. The zero-order valence-corrected chi connectivity index (χ0v) is 15.9. The minimum absolute atomic E-state index is 0.561. The Balaban J connectivity index is 1.73. The summed E-state index contributed by atoms with van der Waals surface area (Å²) in [6.45, 7) is 4.42. The van der Waals surface area contributed by atoms with Gasteiger partial charge in [-0.05, 0) is 29.2 Å². The van der Waals surface area contributed by atoms with E-state index in [0.29, 0.717) is 5.92 Å². The van der Waals surface area contributed by atoms with Crippen LogP contribution in [0, 0.1) is 0 Å². The van der Waals surface area contributed by atoms with E-state index in [1.165, 1.54) is 11.1 Å². The van der Waals surface area contributed by atoms with Crippen molar-refractivity contribution in [2.45, 2.75) is 30.7 Å². The van der Waals surface area contributed by atoms with E-state index >= 15 is 0 Å². The number of aromatic nitrogens is 3. The van der Waals surface area contributed by atoms with E-state index < -0.39 is 0 Å². The number of nitrogens with zero attached hydrogens (tertiary/aromatic N) is 3. The maximum atomic E-state index is 5.29. The molecule has 1 aromatic heterocycles. The van der Waals surface area contributed by atoms with Gasteiger partial charge in [-0.3, -0.25) is 0 Å². The molecule has 0 aliphatic heterocycles. The molecule has 0 fully saturated rings. The van der Waals surface area contributed by atoms with E-state index in [4.69, 9.17) is 4.74 Å². The molecule has 25 heavy (non-hydrogen) atoms. The van der Waals surface area contributed by atoms with Crippen LogP contribution in [-0.4, -0.2) is 21.9 Å². The first-order chi connectivity index (χ1) is 12.1. The summed E-state index contributed by atoms with van der Waals surface area (Å²) < 4.78 is 7.32. The standard InChI is InChI=1S/C20H23N3OS/c1-14(2)16-10-8-15(9-11-16)13-25-20-22-21-19(23(20)3)17-6-5-7-18(12-17)24-4/h5-12,14H,13H2,1-4H3. The number of ether oxygens (including phenoxy) is 1. The summed E-state index contributed by atoms with van der Waals surface area (Å²) in [4.78, 5) is 0. The molecular weight excluding hydrogens is 330 g/mol. The lowest BCUT2D eigenvalue weighted by Crippen LogP contribution is -1.95. The van der Waals surface area contributed by atoms with Crippen LogP contribution in [0.5, 0.6) is 5.75 Å². The van der Waals surface area contributed by atoms with Gasteiger partial charge in [0, 0.05) is 18.4 Å². The Bertz CT molecular complexity index is 840. The zero-order chi connectivity index (χ0) is 17.8. The van der Waals surface area contributed by atoms with Crippen molar-refractivity contribution in [3.05, 3.63) is 59.7 Å².